The van der Waals surface area contributed by atoms with Gasteiger partial charge in [0.1, 0.15) is 6.61 Å². The smallest absolute Gasteiger partial charge is 0.309 e. The van der Waals surface area contributed by atoms with Crippen LogP contribution in [-0.2, 0) is 25.7 Å². The molecule has 0 spiro atoms. The normalized spacial score (nSPS) is 18.8. The van der Waals surface area contributed by atoms with Gasteiger partial charge < -0.3 is 14.6 Å². The van der Waals surface area contributed by atoms with Crippen molar-refractivity contribution in [2.75, 3.05) is 6.61 Å². The Morgan fingerprint density at radius 2 is 2.14 bits per heavy atom. The lowest BCUT2D eigenvalue weighted by molar-refractivity contribution is -0.147. The van der Waals surface area contributed by atoms with Crippen LogP contribution in [0.4, 0.5) is 0 Å². The lowest BCUT2D eigenvalue weighted by Gasteiger charge is -2.11. The average Bonchev–Trinajstić information content (AvgIpc) is 2.92. The summed E-state index contributed by atoms with van der Waals surface area (Å²) < 4.78 is 10.0. The van der Waals surface area contributed by atoms with Gasteiger partial charge in [0.15, 0.2) is 0 Å². The third-order valence-corrected chi connectivity index (χ3v) is 3.78. The fourth-order valence-electron chi connectivity index (χ4n) is 2.49. The molecule has 1 aromatic rings. The maximum atomic E-state index is 11.6. The minimum Gasteiger partial charge on any atom is -0.465 e. The van der Waals surface area contributed by atoms with E-state index in [1.807, 2.05) is 30.3 Å². The molecule has 0 aliphatic carbocycles. The highest BCUT2D eigenvalue weighted by Gasteiger charge is 2.26. The third-order valence-electron chi connectivity index (χ3n) is 3.78. The molecule has 0 radical (unpaired) electrons. The van der Waals surface area contributed by atoms with Gasteiger partial charge >= 0.3 is 11.9 Å². The summed E-state index contributed by atoms with van der Waals surface area (Å²) in [7, 11) is 0. The van der Waals surface area contributed by atoms with Gasteiger partial charge in [0.25, 0.3) is 0 Å². The molecule has 5 heteroatoms. The van der Waals surface area contributed by atoms with Crippen LogP contribution in [-0.4, -0.2) is 29.8 Å². The Hall–Kier alpha value is -1.88. The summed E-state index contributed by atoms with van der Waals surface area (Å²) in [6.07, 6.45) is 1.92. The van der Waals surface area contributed by atoms with Crippen LogP contribution in [0.25, 0.3) is 0 Å². The monoisotopic (exact) mass is 306 g/mol. The summed E-state index contributed by atoms with van der Waals surface area (Å²) in [5.41, 5.74) is 0.921. The van der Waals surface area contributed by atoms with E-state index in [0.29, 0.717) is 25.9 Å². The summed E-state index contributed by atoms with van der Waals surface area (Å²) in [6.45, 7) is 0.720. The molecule has 0 amide bonds. The predicted molar refractivity (Wildman–Crippen MR) is 79.8 cm³/mol. The molecule has 1 N–H and O–H groups in total. The van der Waals surface area contributed by atoms with E-state index in [4.69, 9.17) is 9.47 Å². The van der Waals surface area contributed by atoms with Gasteiger partial charge in [0.05, 0.1) is 25.0 Å². The van der Waals surface area contributed by atoms with Gasteiger partial charge in [0, 0.05) is 0 Å². The van der Waals surface area contributed by atoms with Gasteiger partial charge in [-0.25, -0.2) is 0 Å². The van der Waals surface area contributed by atoms with Gasteiger partial charge in [-0.2, -0.15) is 0 Å². The van der Waals surface area contributed by atoms with E-state index in [9.17, 15) is 14.7 Å². The van der Waals surface area contributed by atoms with Crippen molar-refractivity contribution in [3.05, 3.63) is 35.9 Å². The number of rotatable bonds is 8. The molecule has 22 heavy (non-hydrogen) atoms. The van der Waals surface area contributed by atoms with E-state index in [1.54, 1.807) is 0 Å². The molecule has 1 fully saturated rings. The largest absolute Gasteiger partial charge is 0.465 e. The standard InChI is InChI=1S/C17H22O5/c18-15(8-4-7-14-9-10-21-17(14)20)11-16(19)22-12-13-5-2-1-3-6-13/h1-3,5-6,14-15,18H,4,7-12H2/t14?,15-/m0/s1. The van der Waals surface area contributed by atoms with Crippen molar-refractivity contribution in [3.63, 3.8) is 0 Å². The maximum Gasteiger partial charge on any atom is 0.309 e. The van der Waals surface area contributed by atoms with Crippen LogP contribution in [0, 0.1) is 5.92 Å². The highest BCUT2D eigenvalue weighted by molar-refractivity contribution is 5.74. The number of aliphatic hydroxyl groups excluding tert-OH is 1. The van der Waals surface area contributed by atoms with Crippen molar-refractivity contribution in [2.24, 2.45) is 5.92 Å². The van der Waals surface area contributed by atoms with Crippen molar-refractivity contribution in [1.82, 2.24) is 0 Å². The minimum absolute atomic E-state index is 0.0120. The van der Waals surface area contributed by atoms with Crippen LogP contribution >= 0.6 is 0 Å². The summed E-state index contributed by atoms with van der Waals surface area (Å²) in [5.74, 6) is -0.592. The molecule has 1 unspecified atom stereocenters. The van der Waals surface area contributed by atoms with Crippen molar-refractivity contribution >= 4 is 11.9 Å². The van der Waals surface area contributed by atoms with E-state index in [0.717, 1.165) is 12.0 Å². The summed E-state index contributed by atoms with van der Waals surface area (Å²) in [4.78, 5) is 22.9. The second-order valence-corrected chi connectivity index (χ2v) is 5.59. The maximum absolute atomic E-state index is 11.6. The first-order chi connectivity index (χ1) is 10.6. The number of ether oxygens (including phenoxy) is 2. The SMILES string of the molecule is O=C(C[C@@H](O)CCCC1CCOC1=O)OCc1ccccc1. The van der Waals surface area contributed by atoms with E-state index in [1.165, 1.54) is 0 Å². The zero-order valence-electron chi connectivity index (χ0n) is 12.6. The number of cyclic esters (lactones) is 1. The Morgan fingerprint density at radius 3 is 2.82 bits per heavy atom. The number of aliphatic hydroxyl groups is 1. The molecule has 1 aliphatic heterocycles. The molecule has 1 saturated heterocycles. The van der Waals surface area contributed by atoms with Crippen LogP contribution in [0.1, 0.15) is 37.7 Å². The molecule has 0 saturated carbocycles. The number of benzene rings is 1. The van der Waals surface area contributed by atoms with Crippen LogP contribution in [0.15, 0.2) is 30.3 Å². The molecular weight excluding hydrogens is 284 g/mol. The number of hydrogen-bond donors (Lipinski definition) is 1. The summed E-state index contributed by atoms with van der Waals surface area (Å²) >= 11 is 0. The zero-order valence-corrected chi connectivity index (χ0v) is 12.6. The van der Waals surface area contributed by atoms with Crippen LogP contribution in [0.2, 0.25) is 0 Å². The van der Waals surface area contributed by atoms with Gasteiger partial charge in [-0.1, -0.05) is 36.8 Å². The Kier molecular flexibility index (Phi) is 6.40. The highest BCUT2D eigenvalue weighted by atomic mass is 16.5. The Morgan fingerprint density at radius 1 is 1.36 bits per heavy atom. The van der Waals surface area contributed by atoms with Crippen LogP contribution < -0.4 is 0 Å². The number of carbonyl (C=O) groups is 2. The van der Waals surface area contributed by atoms with E-state index in [-0.39, 0.29) is 24.9 Å². The topological polar surface area (TPSA) is 72.8 Å². The molecule has 1 aromatic carbocycles. The van der Waals surface area contributed by atoms with Crippen molar-refractivity contribution in [2.45, 2.75) is 44.8 Å². The Labute approximate surface area is 130 Å². The molecule has 0 aromatic heterocycles. The number of esters is 2. The number of hydrogen-bond acceptors (Lipinski definition) is 5. The van der Waals surface area contributed by atoms with Crippen molar-refractivity contribution in [1.29, 1.82) is 0 Å². The van der Waals surface area contributed by atoms with E-state index in [2.05, 4.69) is 0 Å². The molecule has 5 nitrogen and oxygen atoms in total. The van der Waals surface area contributed by atoms with Crippen LogP contribution in [0.5, 0.6) is 0 Å². The first-order valence-corrected chi connectivity index (χ1v) is 7.69. The molecular formula is C17H22O5. The van der Waals surface area contributed by atoms with Crippen molar-refractivity contribution < 1.29 is 24.2 Å². The first-order valence-electron chi connectivity index (χ1n) is 7.69. The Bertz CT molecular complexity index is 485. The molecule has 2 rings (SSSR count). The second kappa shape index (κ2) is 8.54. The average molecular weight is 306 g/mol. The molecule has 1 heterocycles. The number of carbonyl (C=O) groups excluding carboxylic acids is 2. The minimum atomic E-state index is -0.722. The molecule has 120 valence electrons. The predicted octanol–water partition coefficient (Wildman–Crippen LogP) is 2.21. The van der Waals surface area contributed by atoms with E-state index < -0.39 is 12.1 Å². The van der Waals surface area contributed by atoms with Crippen molar-refractivity contribution in [3.8, 4) is 0 Å². The van der Waals surface area contributed by atoms with Gasteiger partial charge in [0.2, 0.25) is 0 Å². The second-order valence-electron chi connectivity index (χ2n) is 5.59. The molecule has 2 atom stereocenters. The summed E-state index contributed by atoms with van der Waals surface area (Å²) in [5, 5.41) is 9.84. The zero-order chi connectivity index (χ0) is 15.8. The Balaban J connectivity index is 1.58. The molecule has 0 bridgehead atoms. The van der Waals surface area contributed by atoms with Gasteiger partial charge in [-0.05, 0) is 24.8 Å². The van der Waals surface area contributed by atoms with E-state index >= 15 is 0 Å². The van der Waals surface area contributed by atoms with Crippen LogP contribution in [0.3, 0.4) is 0 Å². The fraction of sp³-hybridized carbons (Fsp3) is 0.529. The first kappa shape index (κ1) is 16.5. The summed E-state index contributed by atoms with van der Waals surface area (Å²) in [6, 6.07) is 9.42. The lowest BCUT2D eigenvalue weighted by Crippen LogP contribution is -2.16. The molecule has 1 aliphatic rings. The van der Waals surface area contributed by atoms with Gasteiger partial charge in [-0.15, -0.1) is 0 Å². The third kappa shape index (κ3) is 5.48. The quantitative estimate of drug-likeness (QED) is 0.746. The highest BCUT2D eigenvalue weighted by Crippen LogP contribution is 2.21. The van der Waals surface area contributed by atoms with Gasteiger partial charge in [-0.3, -0.25) is 9.59 Å². The fourth-order valence-corrected chi connectivity index (χ4v) is 2.49. The lowest BCUT2D eigenvalue weighted by atomic mass is 9.99.